The first-order valence-electron chi connectivity index (χ1n) is 7.13. The van der Waals surface area contributed by atoms with E-state index in [1.165, 1.54) is 19.1 Å². The molecule has 1 saturated heterocycles. The average molecular weight is 308 g/mol. The fraction of sp³-hybridized carbons (Fsp3) is 0.467. The molecule has 7 heteroatoms. The van der Waals surface area contributed by atoms with Crippen LogP contribution >= 0.6 is 0 Å². The Bertz CT molecular complexity index is 541. The molecule has 1 heterocycles. The van der Waals surface area contributed by atoms with E-state index in [1.54, 1.807) is 6.07 Å². The van der Waals surface area contributed by atoms with Gasteiger partial charge in [0.2, 0.25) is 0 Å². The molecule has 120 valence electrons. The number of rotatable bonds is 5. The van der Waals surface area contributed by atoms with Gasteiger partial charge in [-0.2, -0.15) is 0 Å². The Labute approximate surface area is 128 Å². The SMILES string of the molecule is CC(=O)Oc1cc(N)ccc1C(=O)OCCC1CNCCO1. The van der Waals surface area contributed by atoms with Crippen molar-refractivity contribution < 1.29 is 23.8 Å². The van der Waals surface area contributed by atoms with E-state index in [9.17, 15) is 9.59 Å². The Morgan fingerprint density at radius 1 is 1.45 bits per heavy atom. The van der Waals surface area contributed by atoms with Crippen molar-refractivity contribution in [3.8, 4) is 5.75 Å². The molecule has 3 N–H and O–H groups in total. The van der Waals surface area contributed by atoms with Gasteiger partial charge in [0, 0.05) is 38.2 Å². The predicted molar refractivity (Wildman–Crippen MR) is 79.7 cm³/mol. The zero-order valence-electron chi connectivity index (χ0n) is 12.5. The number of anilines is 1. The van der Waals surface area contributed by atoms with Crippen molar-refractivity contribution in [2.75, 3.05) is 32.0 Å². The van der Waals surface area contributed by atoms with Gasteiger partial charge in [0.1, 0.15) is 11.3 Å². The van der Waals surface area contributed by atoms with Crippen molar-refractivity contribution in [1.29, 1.82) is 0 Å². The second-order valence-corrected chi connectivity index (χ2v) is 4.97. The number of ether oxygens (including phenoxy) is 3. The Morgan fingerprint density at radius 3 is 2.95 bits per heavy atom. The van der Waals surface area contributed by atoms with Crippen LogP contribution in [0.25, 0.3) is 0 Å². The molecule has 0 spiro atoms. The maximum absolute atomic E-state index is 12.1. The molecule has 7 nitrogen and oxygen atoms in total. The maximum atomic E-state index is 12.1. The van der Waals surface area contributed by atoms with Crippen molar-refractivity contribution >= 4 is 17.6 Å². The lowest BCUT2D eigenvalue weighted by atomic mass is 10.2. The topological polar surface area (TPSA) is 99.9 Å². The molecule has 1 atom stereocenters. The van der Waals surface area contributed by atoms with Gasteiger partial charge in [-0.25, -0.2) is 4.79 Å². The van der Waals surface area contributed by atoms with E-state index in [0.717, 1.165) is 13.1 Å². The van der Waals surface area contributed by atoms with Gasteiger partial charge in [0.15, 0.2) is 0 Å². The summed E-state index contributed by atoms with van der Waals surface area (Å²) in [5.41, 5.74) is 6.20. The van der Waals surface area contributed by atoms with E-state index >= 15 is 0 Å². The number of carbonyl (C=O) groups excluding carboxylic acids is 2. The van der Waals surface area contributed by atoms with E-state index in [0.29, 0.717) is 18.7 Å². The van der Waals surface area contributed by atoms with Crippen LogP contribution < -0.4 is 15.8 Å². The van der Waals surface area contributed by atoms with E-state index in [-0.39, 0.29) is 24.0 Å². The fourth-order valence-corrected chi connectivity index (χ4v) is 2.11. The second kappa shape index (κ2) is 7.77. The summed E-state index contributed by atoms with van der Waals surface area (Å²) in [5, 5.41) is 3.20. The Kier molecular flexibility index (Phi) is 5.74. The summed E-state index contributed by atoms with van der Waals surface area (Å²) in [6, 6.07) is 4.46. The predicted octanol–water partition coefficient (Wildman–Crippen LogP) is 0.729. The quantitative estimate of drug-likeness (QED) is 0.470. The van der Waals surface area contributed by atoms with Gasteiger partial charge < -0.3 is 25.3 Å². The lowest BCUT2D eigenvalue weighted by molar-refractivity contribution is -0.131. The number of nitrogens with two attached hydrogens (primary N) is 1. The number of nitrogen functional groups attached to an aromatic ring is 1. The fourth-order valence-electron chi connectivity index (χ4n) is 2.11. The number of benzene rings is 1. The van der Waals surface area contributed by atoms with E-state index in [2.05, 4.69) is 5.32 Å². The van der Waals surface area contributed by atoms with Crippen molar-refractivity contribution in [2.24, 2.45) is 0 Å². The molecule has 1 aliphatic heterocycles. The van der Waals surface area contributed by atoms with E-state index in [4.69, 9.17) is 19.9 Å². The van der Waals surface area contributed by atoms with Crippen molar-refractivity contribution in [1.82, 2.24) is 5.32 Å². The summed E-state index contributed by atoms with van der Waals surface area (Å²) in [6.45, 7) is 3.74. The molecule has 0 bridgehead atoms. The molecular formula is C15H20N2O5. The van der Waals surface area contributed by atoms with Crippen LogP contribution in [0.4, 0.5) is 5.69 Å². The molecule has 22 heavy (non-hydrogen) atoms. The third kappa shape index (κ3) is 4.71. The molecule has 0 saturated carbocycles. The highest BCUT2D eigenvalue weighted by Gasteiger charge is 2.18. The number of carbonyl (C=O) groups is 2. The highest BCUT2D eigenvalue weighted by molar-refractivity contribution is 5.94. The zero-order valence-corrected chi connectivity index (χ0v) is 12.5. The highest BCUT2D eigenvalue weighted by atomic mass is 16.5. The monoisotopic (exact) mass is 308 g/mol. The summed E-state index contributed by atoms with van der Waals surface area (Å²) in [5.74, 6) is -0.977. The average Bonchev–Trinajstić information content (AvgIpc) is 2.47. The van der Waals surface area contributed by atoms with E-state index < -0.39 is 11.9 Å². The third-order valence-corrected chi connectivity index (χ3v) is 3.16. The van der Waals surface area contributed by atoms with Crippen molar-refractivity contribution in [3.63, 3.8) is 0 Å². The van der Waals surface area contributed by atoms with Gasteiger partial charge >= 0.3 is 11.9 Å². The first kappa shape index (κ1) is 16.3. The van der Waals surface area contributed by atoms with Crippen LogP contribution in [-0.2, 0) is 14.3 Å². The summed E-state index contributed by atoms with van der Waals surface area (Å²) in [4.78, 5) is 23.2. The molecule has 1 fully saturated rings. The van der Waals surface area contributed by atoms with Gasteiger partial charge in [-0.15, -0.1) is 0 Å². The maximum Gasteiger partial charge on any atom is 0.341 e. The molecule has 0 aromatic heterocycles. The lowest BCUT2D eigenvalue weighted by Crippen LogP contribution is -2.39. The minimum atomic E-state index is -0.556. The van der Waals surface area contributed by atoms with Crippen molar-refractivity contribution in [3.05, 3.63) is 23.8 Å². The number of morpholine rings is 1. The Balaban J connectivity index is 1.92. The number of hydrogen-bond donors (Lipinski definition) is 2. The smallest absolute Gasteiger partial charge is 0.341 e. The van der Waals surface area contributed by atoms with Crippen LogP contribution in [0, 0.1) is 0 Å². The first-order chi connectivity index (χ1) is 10.6. The van der Waals surface area contributed by atoms with E-state index in [1.807, 2.05) is 0 Å². The van der Waals surface area contributed by atoms with Crippen LogP contribution in [0.1, 0.15) is 23.7 Å². The van der Waals surface area contributed by atoms with Crippen LogP contribution in [0.2, 0.25) is 0 Å². The molecule has 0 radical (unpaired) electrons. The Morgan fingerprint density at radius 2 is 2.27 bits per heavy atom. The normalized spacial score (nSPS) is 17.8. The van der Waals surface area contributed by atoms with Crippen LogP contribution in [0.5, 0.6) is 5.75 Å². The third-order valence-electron chi connectivity index (χ3n) is 3.16. The Hall–Kier alpha value is -2.12. The molecule has 0 amide bonds. The molecule has 0 aliphatic carbocycles. The standard InChI is InChI=1S/C15H20N2O5/c1-10(18)22-14-8-11(16)2-3-13(14)15(19)21-6-4-12-9-17-5-7-20-12/h2-3,8,12,17H,4-7,9,16H2,1H3. The molecule has 1 aromatic rings. The van der Waals surface area contributed by atoms with Crippen LogP contribution in [-0.4, -0.2) is 44.3 Å². The molecule has 2 rings (SSSR count). The first-order valence-corrected chi connectivity index (χ1v) is 7.13. The van der Waals surface area contributed by atoms with Crippen LogP contribution in [0.3, 0.4) is 0 Å². The summed E-state index contributed by atoms with van der Waals surface area (Å²) >= 11 is 0. The second-order valence-electron chi connectivity index (χ2n) is 4.97. The molecule has 1 aromatic carbocycles. The zero-order chi connectivity index (χ0) is 15.9. The van der Waals surface area contributed by atoms with Gasteiger partial charge in [0.25, 0.3) is 0 Å². The van der Waals surface area contributed by atoms with Crippen LogP contribution in [0.15, 0.2) is 18.2 Å². The number of nitrogens with one attached hydrogen (secondary N) is 1. The molecule has 1 unspecified atom stereocenters. The minimum absolute atomic E-state index is 0.0425. The van der Waals surface area contributed by atoms with Gasteiger partial charge in [-0.3, -0.25) is 4.79 Å². The molecular weight excluding hydrogens is 288 g/mol. The minimum Gasteiger partial charge on any atom is -0.462 e. The summed E-state index contributed by atoms with van der Waals surface area (Å²) in [6.07, 6.45) is 0.650. The van der Waals surface area contributed by atoms with Gasteiger partial charge in [-0.05, 0) is 12.1 Å². The van der Waals surface area contributed by atoms with Gasteiger partial charge in [-0.1, -0.05) is 0 Å². The summed E-state index contributed by atoms with van der Waals surface area (Å²) in [7, 11) is 0. The summed E-state index contributed by atoms with van der Waals surface area (Å²) < 4.78 is 15.7. The van der Waals surface area contributed by atoms with Crippen molar-refractivity contribution in [2.45, 2.75) is 19.4 Å². The van der Waals surface area contributed by atoms with Gasteiger partial charge in [0.05, 0.1) is 19.3 Å². The highest BCUT2D eigenvalue weighted by Crippen LogP contribution is 2.23. The number of esters is 2. The lowest BCUT2D eigenvalue weighted by Gasteiger charge is -2.23. The largest absolute Gasteiger partial charge is 0.462 e. The molecule has 1 aliphatic rings. The number of hydrogen-bond acceptors (Lipinski definition) is 7.